The summed E-state index contributed by atoms with van der Waals surface area (Å²) in [5, 5.41) is 2.10. The fourth-order valence-corrected chi connectivity index (χ4v) is 4.19. The van der Waals surface area contributed by atoms with Crippen LogP contribution in [0.1, 0.15) is 5.56 Å². The summed E-state index contributed by atoms with van der Waals surface area (Å²) in [6, 6.07) is 7.82. The van der Waals surface area contributed by atoms with E-state index in [1.165, 1.54) is 31.3 Å². The zero-order chi connectivity index (χ0) is 24.5. The van der Waals surface area contributed by atoms with Crippen molar-refractivity contribution >= 4 is 54.6 Å². The van der Waals surface area contributed by atoms with E-state index in [1.54, 1.807) is 0 Å². The van der Waals surface area contributed by atoms with Gasteiger partial charge in [0.25, 0.3) is 0 Å². The molecule has 0 aliphatic heterocycles. The molecule has 0 heterocycles. The number of nitrogens with zero attached hydrogens (tertiary/aromatic N) is 2. The molecular weight excluding hydrogens is 495 g/mol. The van der Waals surface area contributed by atoms with Gasteiger partial charge in [-0.1, -0.05) is 17.7 Å². The lowest BCUT2D eigenvalue weighted by Gasteiger charge is -2.24. The van der Waals surface area contributed by atoms with Crippen LogP contribution in [0.25, 0.3) is 0 Å². The van der Waals surface area contributed by atoms with E-state index in [1.807, 2.05) is 0 Å². The summed E-state index contributed by atoms with van der Waals surface area (Å²) in [6.07, 6.45) is -3.05. The van der Waals surface area contributed by atoms with Crippen LogP contribution < -0.4 is 13.9 Å². The van der Waals surface area contributed by atoms with Crippen molar-refractivity contribution in [1.29, 1.82) is 0 Å². The number of rotatable bonds is 7. The fraction of sp³-hybridized carbons (Fsp3) is 0.278. The molecule has 0 aromatic heterocycles. The Balaban J connectivity index is 2.34. The van der Waals surface area contributed by atoms with Gasteiger partial charge in [-0.2, -0.15) is 13.2 Å². The molecule has 0 saturated carbocycles. The van der Waals surface area contributed by atoms with Crippen LogP contribution in [-0.4, -0.2) is 48.8 Å². The second-order valence-corrected chi connectivity index (χ2v) is 11.1. The molecule has 32 heavy (non-hydrogen) atoms. The smallest absolute Gasteiger partial charge is 0.324 e. The number of carbonyl (C=O) groups is 1. The Bertz CT molecular complexity index is 1230. The van der Waals surface area contributed by atoms with E-state index in [0.29, 0.717) is 16.4 Å². The minimum atomic E-state index is -4.75. The van der Waals surface area contributed by atoms with Crippen molar-refractivity contribution in [3.8, 4) is 0 Å². The standard InChI is InChI=1S/C18H19ClF3N3O5S2/c1-24(31(2,27)28)14-6-4-5-13(10-14)23-17(26)11-25(32(3,29)30)16-9-12(18(20,21)22)7-8-15(16)19/h4-10H,11H2,1-3H3,(H,23,26). The Labute approximate surface area is 188 Å². The van der Waals surface area contributed by atoms with Crippen molar-refractivity contribution in [3.63, 3.8) is 0 Å². The minimum absolute atomic E-state index is 0.145. The molecule has 2 rings (SSSR count). The molecule has 0 aliphatic carbocycles. The van der Waals surface area contributed by atoms with Gasteiger partial charge in [-0.15, -0.1) is 0 Å². The van der Waals surface area contributed by atoms with Gasteiger partial charge in [0.05, 0.1) is 34.5 Å². The molecule has 0 unspecified atom stereocenters. The van der Waals surface area contributed by atoms with Gasteiger partial charge in [0.15, 0.2) is 0 Å². The number of benzene rings is 2. The van der Waals surface area contributed by atoms with E-state index in [2.05, 4.69) is 5.32 Å². The molecule has 176 valence electrons. The first-order valence-electron chi connectivity index (χ1n) is 8.68. The number of amides is 1. The molecule has 0 bridgehead atoms. The molecule has 0 fully saturated rings. The molecule has 14 heteroatoms. The second kappa shape index (κ2) is 9.16. The van der Waals surface area contributed by atoms with Crippen molar-refractivity contribution in [2.45, 2.75) is 6.18 Å². The molecule has 0 atom stereocenters. The van der Waals surface area contributed by atoms with E-state index in [-0.39, 0.29) is 16.4 Å². The molecule has 0 aliphatic rings. The second-order valence-electron chi connectivity index (χ2n) is 6.76. The van der Waals surface area contributed by atoms with E-state index < -0.39 is 49.9 Å². The van der Waals surface area contributed by atoms with Gasteiger partial charge in [-0.05, 0) is 36.4 Å². The van der Waals surface area contributed by atoms with Crippen LogP contribution in [0.2, 0.25) is 5.02 Å². The lowest BCUT2D eigenvalue weighted by Crippen LogP contribution is -2.37. The highest BCUT2D eigenvalue weighted by Gasteiger charge is 2.33. The molecule has 0 saturated heterocycles. The summed E-state index contributed by atoms with van der Waals surface area (Å²) in [5.41, 5.74) is -1.27. The van der Waals surface area contributed by atoms with Crippen molar-refractivity contribution in [2.24, 2.45) is 0 Å². The normalized spacial score (nSPS) is 12.3. The molecule has 1 amide bonds. The average molecular weight is 514 g/mol. The number of hydrogen-bond acceptors (Lipinski definition) is 5. The Morgan fingerprint density at radius 2 is 1.66 bits per heavy atom. The van der Waals surface area contributed by atoms with Crippen LogP contribution in [-0.2, 0) is 31.0 Å². The summed E-state index contributed by atoms with van der Waals surface area (Å²) in [7, 11) is -6.46. The first-order chi connectivity index (χ1) is 14.5. The third-order valence-corrected chi connectivity index (χ3v) is 6.87. The number of anilines is 3. The average Bonchev–Trinajstić information content (AvgIpc) is 2.64. The molecule has 0 spiro atoms. The number of carbonyl (C=O) groups excluding carboxylic acids is 1. The maximum absolute atomic E-state index is 13.1. The number of sulfonamides is 2. The van der Waals surface area contributed by atoms with E-state index in [0.717, 1.165) is 22.9 Å². The molecule has 2 aromatic rings. The summed E-state index contributed by atoms with van der Waals surface area (Å²) in [6.45, 7) is -0.869. The minimum Gasteiger partial charge on any atom is -0.324 e. The van der Waals surface area contributed by atoms with Crippen LogP contribution in [0, 0.1) is 0 Å². The third-order valence-electron chi connectivity index (χ3n) is 4.22. The largest absolute Gasteiger partial charge is 0.416 e. The van der Waals surface area contributed by atoms with Gasteiger partial charge >= 0.3 is 6.18 Å². The van der Waals surface area contributed by atoms with E-state index in [9.17, 15) is 34.8 Å². The SMILES string of the molecule is CN(c1cccc(NC(=O)CN(c2cc(C(F)(F)F)ccc2Cl)S(C)(=O)=O)c1)S(C)(=O)=O. The van der Waals surface area contributed by atoms with Crippen LogP contribution in [0.15, 0.2) is 42.5 Å². The van der Waals surface area contributed by atoms with Crippen LogP contribution >= 0.6 is 11.6 Å². The maximum Gasteiger partial charge on any atom is 0.416 e. The Morgan fingerprint density at radius 3 is 2.19 bits per heavy atom. The molecule has 1 N–H and O–H groups in total. The predicted octanol–water partition coefficient (Wildman–Crippen LogP) is 3.16. The number of nitrogens with one attached hydrogen (secondary N) is 1. The van der Waals surface area contributed by atoms with Gasteiger partial charge in [0.1, 0.15) is 6.54 Å². The molecular formula is C18H19ClF3N3O5S2. The number of halogens is 4. The van der Waals surface area contributed by atoms with Crippen molar-refractivity contribution in [1.82, 2.24) is 0 Å². The first-order valence-corrected chi connectivity index (χ1v) is 12.8. The molecule has 8 nitrogen and oxygen atoms in total. The lowest BCUT2D eigenvalue weighted by atomic mass is 10.2. The monoisotopic (exact) mass is 513 g/mol. The van der Waals surface area contributed by atoms with Gasteiger partial charge < -0.3 is 5.32 Å². The highest BCUT2D eigenvalue weighted by Crippen LogP contribution is 2.36. The molecule has 0 radical (unpaired) electrons. The maximum atomic E-state index is 13.1. The highest BCUT2D eigenvalue weighted by molar-refractivity contribution is 7.92. The van der Waals surface area contributed by atoms with Crippen molar-refractivity contribution in [3.05, 3.63) is 53.1 Å². The van der Waals surface area contributed by atoms with Crippen LogP contribution in [0.5, 0.6) is 0 Å². The van der Waals surface area contributed by atoms with E-state index >= 15 is 0 Å². The third kappa shape index (κ3) is 6.50. The quantitative estimate of drug-likeness (QED) is 0.612. The Hall–Kier alpha value is -2.51. The van der Waals surface area contributed by atoms with Crippen LogP contribution in [0.3, 0.4) is 0 Å². The van der Waals surface area contributed by atoms with E-state index in [4.69, 9.17) is 11.6 Å². The summed E-state index contributed by atoms with van der Waals surface area (Å²) in [4.78, 5) is 12.5. The zero-order valence-corrected chi connectivity index (χ0v) is 19.4. The van der Waals surface area contributed by atoms with Crippen LogP contribution in [0.4, 0.5) is 30.2 Å². The van der Waals surface area contributed by atoms with Gasteiger partial charge in [0, 0.05) is 12.7 Å². The lowest BCUT2D eigenvalue weighted by molar-refractivity contribution is -0.137. The van der Waals surface area contributed by atoms with Crippen molar-refractivity contribution < 1.29 is 34.8 Å². The number of hydrogen-bond donors (Lipinski definition) is 1. The Morgan fingerprint density at radius 1 is 1.03 bits per heavy atom. The summed E-state index contributed by atoms with van der Waals surface area (Å²) in [5.74, 6) is -0.886. The predicted molar refractivity (Wildman–Crippen MR) is 117 cm³/mol. The zero-order valence-electron chi connectivity index (χ0n) is 17.0. The topological polar surface area (TPSA) is 104 Å². The first kappa shape index (κ1) is 25.7. The number of alkyl halides is 3. The summed E-state index contributed by atoms with van der Waals surface area (Å²) >= 11 is 5.92. The fourth-order valence-electron chi connectivity index (χ4n) is 2.56. The summed E-state index contributed by atoms with van der Waals surface area (Å²) < 4.78 is 88.4. The Kier molecular flexibility index (Phi) is 7.37. The molecule has 2 aromatic carbocycles. The van der Waals surface area contributed by atoms with Gasteiger partial charge in [-0.25, -0.2) is 16.8 Å². The highest BCUT2D eigenvalue weighted by atomic mass is 35.5. The van der Waals surface area contributed by atoms with Gasteiger partial charge in [-0.3, -0.25) is 13.4 Å². The van der Waals surface area contributed by atoms with Crippen molar-refractivity contribution in [2.75, 3.05) is 40.0 Å². The van der Waals surface area contributed by atoms with Gasteiger partial charge in [0.2, 0.25) is 26.0 Å².